The van der Waals surface area contributed by atoms with Gasteiger partial charge in [-0.25, -0.2) is 0 Å². The summed E-state index contributed by atoms with van der Waals surface area (Å²) in [5, 5.41) is 23.5. The zero-order chi connectivity index (χ0) is 19.1. The predicted octanol–water partition coefficient (Wildman–Crippen LogP) is 0.835. The van der Waals surface area contributed by atoms with Gasteiger partial charge in [-0.2, -0.15) is 0 Å². The maximum atomic E-state index is 10.6. The number of benzene rings is 1. The Kier molecular flexibility index (Phi) is 7.32. The molecule has 3 N–H and O–H groups in total. The van der Waals surface area contributed by atoms with Crippen molar-refractivity contribution in [2.24, 2.45) is 0 Å². The SMILES string of the molecule is CN(CCc1ccccc1)C1C(CNCc2ccccn2)OC(CO)C1O. The van der Waals surface area contributed by atoms with Crippen LogP contribution in [0.15, 0.2) is 54.7 Å². The Bertz CT molecular complexity index is 671. The van der Waals surface area contributed by atoms with Crippen LogP contribution in [0.1, 0.15) is 11.3 Å². The number of aliphatic hydroxyl groups is 2. The number of nitrogens with one attached hydrogen (secondary N) is 1. The number of aromatic nitrogens is 1. The van der Waals surface area contributed by atoms with Crippen molar-refractivity contribution >= 4 is 0 Å². The van der Waals surface area contributed by atoms with E-state index in [0.29, 0.717) is 13.1 Å². The van der Waals surface area contributed by atoms with Crippen LogP contribution in [0, 0.1) is 0 Å². The Hall–Kier alpha value is -1.83. The first kappa shape index (κ1) is 19.9. The highest BCUT2D eigenvalue weighted by atomic mass is 16.5. The van der Waals surface area contributed by atoms with Crippen LogP contribution in [0.4, 0.5) is 0 Å². The molecule has 1 saturated heterocycles. The van der Waals surface area contributed by atoms with Crippen LogP contribution in [0.3, 0.4) is 0 Å². The lowest BCUT2D eigenvalue weighted by Gasteiger charge is -2.30. The quantitative estimate of drug-likeness (QED) is 0.606. The molecule has 0 radical (unpaired) electrons. The van der Waals surface area contributed by atoms with E-state index in [-0.39, 0.29) is 18.8 Å². The normalized spacial score (nSPS) is 25.2. The van der Waals surface area contributed by atoms with E-state index in [1.165, 1.54) is 5.56 Å². The van der Waals surface area contributed by atoms with Gasteiger partial charge in [0.1, 0.15) is 12.2 Å². The molecule has 2 aromatic rings. The van der Waals surface area contributed by atoms with Crippen LogP contribution >= 0.6 is 0 Å². The molecule has 1 aliphatic rings. The highest BCUT2D eigenvalue weighted by Crippen LogP contribution is 2.25. The maximum absolute atomic E-state index is 10.6. The van der Waals surface area contributed by atoms with Gasteiger partial charge in [0.25, 0.3) is 0 Å². The Morgan fingerprint density at radius 2 is 1.89 bits per heavy atom. The summed E-state index contributed by atoms with van der Waals surface area (Å²) in [4.78, 5) is 6.44. The van der Waals surface area contributed by atoms with Crippen molar-refractivity contribution in [3.05, 3.63) is 66.0 Å². The topological polar surface area (TPSA) is 77.9 Å². The Balaban J connectivity index is 1.57. The molecule has 0 spiro atoms. The van der Waals surface area contributed by atoms with Crippen molar-refractivity contribution in [1.29, 1.82) is 0 Å². The second-order valence-electron chi connectivity index (χ2n) is 7.04. The van der Waals surface area contributed by atoms with Crippen LogP contribution in [-0.4, -0.2) is 71.2 Å². The molecule has 1 aliphatic heterocycles. The first-order chi connectivity index (χ1) is 13.2. The van der Waals surface area contributed by atoms with Crippen molar-refractivity contribution in [2.75, 3.05) is 26.7 Å². The van der Waals surface area contributed by atoms with E-state index in [2.05, 4.69) is 27.3 Å². The molecule has 6 nitrogen and oxygen atoms in total. The van der Waals surface area contributed by atoms with Gasteiger partial charge in [-0.15, -0.1) is 0 Å². The van der Waals surface area contributed by atoms with Gasteiger partial charge in [0.05, 0.1) is 24.4 Å². The van der Waals surface area contributed by atoms with Gasteiger partial charge in [-0.05, 0) is 31.2 Å². The second-order valence-corrected chi connectivity index (χ2v) is 7.04. The van der Waals surface area contributed by atoms with E-state index in [9.17, 15) is 10.2 Å². The molecule has 4 unspecified atom stereocenters. The third-order valence-corrected chi connectivity index (χ3v) is 5.12. The Morgan fingerprint density at radius 3 is 2.59 bits per heavy atom. The standard InChI is InChI=1S/C21H29N3O3/c1-24(12-10-16-7-3-2-4-8-16)20-18(27-19(15-25)21(20)26)14-22-13-17-9-5-6-11-23-17/h2-9,11,18-22,25-26H,10,12-15H2,1H3. The lowest BCUT2D eigenvalue weighted by Crippen LogP contribution is -2.49. The molecule has 1 fully saturated rings. The van der Waals surface area contributed by atoms with Gasteiger partial charge in [0, 0.05) is 25.8 Å². The molecule has 1 aromatic carbocycles. The lowest BCUT2D eigenvalue weighted by atomic mass is 10.0. The molecule has 27 heavy (non-hydrogen) atoms. The molecular weight excluding hydrogens is 342 g/mol. The number of rotatable bonds is 9. The molecule has 146 valence electrons. The van der Waals surface area contributed by atoms with Crippen molar-refractivity contribution in [3.63, 3.8) is 0 Å². The number of aliphatic hydroxyl groups excluding tert-OH is 2. The van der Waals surface area contributed by atoms with E-state index < -0.39 is 12.2 Å². The van der Waals surface area contributed by atoms with E-state index in [4.69, 9.17) is 4.74 Å². The third-order valence-electron chi connectivity index (χ3n) is 5.12. The molecule has 0 bridgehead atoms. The van der Waals surface area contributed by atoms with Gasteiger partial charge in [0.15, 0.2) is 0 Å². The van der Waals surface area contributed by atoms with Gasteiger partial charge >= 0.3 is 0 Å². The first-order valence-electron chi connectivity index (χ1n) is 9.48. The van der Waals surface area contributed by atoms with Gasteiger partial charge < -0.3 is 20.3 Å². The van der Waals surface area contributed by atoms with Gasteiger partial charge in [0.2, 0.25) is 0 Å². The van der Waals surface area contributed by atoms with Crippen LogP contribution in [0.2, 0.25) is 0 Å². The smallest absolute Gasteiger partial charge is 0.109 e. The molecule has 1 aromatic heterocycles. The third kappa shape index (κ3) is 5.34. The summed E-state index contributed by atoms with van der Waals surface area (Å²) >= 11 is 0. The van der Waals surface area contributed by atoms with Crippen molar-refractivity contribution in [2.45, 2.75) is 37.3 Å². The van der Waals surface area contributed by atoms with Crippen molar-refractivity contribution in [3.8, 4) is 0 Å². The van der Waals surface area contributed by atoms with Crippen LogP contribution in [0.25, 0.3) is 0 Å². The average Bonchev–Trinajstić information content (AvgIpc) is 3.03. The molecule has 0 amide bonds. The highest BCUT2D eigenvalue weighted by molar-refractivity contribution is 5.15. The van der Waals surface area contributed by atoms with E-state index in [1.807, 2.05) is 43.4 Å². The summed E-state index contributed by atoms with van der Waals surface area (Å²) in [6.07, 6.45) is 1.22. The zero-order valence-corrected chi connectivity index (χ0v) is 15.7. The monoisotopic (exact) mass is 371 g/mol. The van der Waals surface area contributed by atoms with E-state index in [1.54, 1.807) is 6.20 Å². The molecule has 2 heterocycles. The summed E-state index contributed by atoms with van der Waals surface area (Å²) in [6, 6.07) is 16.0. The molecule has 0 aliphatic carbocycles. The summed E-state index contributed by atoms with van der Waals surface area (Å²) in [7, 11) is 2.01. The summed E-state index contributed by atoms with van der Waals surface area (Å²) in [5.41, 5.74) is 2.23. The number of ether oxygens (including phenoxy) is 1. The van der Waals surface area contributed by atoms with Gasteiger partial charge in [-0.3, -0.25) is 9.88 Å². The second kappa shape index (κ2) is 9.92. The predicted molar refractivity (Wildman–Crippen MR) is 104 cm³/mol. The minimum absolute atomic E-state index is 0.165. The van der Waals surface area contributed by atoms with Crippen molar-refractivity contribution in [1.82, 2.24) is 15.2 Å². The summed E-state index contributed by atoms with van der Waals surface area (Å²) in [6.45, 7) is 1.86. The number of hydrogen-bond acceptors (Lipinski definition) is 6. The number of nitrogens with zero attached hydrogens (tertiary/aromatic N) is 2. The number of likely N-dealkylation sites (N-methyl/N-ethyl adjacent to an activating group) is 1. The fourth-order valence-corrected chi connectivity index (χ4v) is 3.63. The largest absolute Gasteiger partial charge is 0.394 e. The van der Waals surface area contributed by atoms with Crippen LogP contribution < -0.4 is 5.32 Å². The lowest BCUT2D eigenvalue weighted by molar-refractivity contribution is -0.0213. The highest BCUT2D eigenvalue weighted by Gasteiger charge is 2.44. The summed E-state index contributed by atoms with van der Waals surface area (Å²) in [5.74, 6) is 0. The minimum atomic E-state index is -0.711. The first-order valence-corrected chi connectivity index (χ1v) is 9.48. The minimum Gasteiger partial charge on any atom is -0.394 e. The van der Waals surface area contributed by atoms with Crippen LogP contribution in [0.5, 0.6) is 0 Å². The number of pyridine rings is 1. The van der Waals surface area contributed by atoms with E-state index in [0.717, 1.165) is 18.7 Å². The molecule has 3 rings (SSSR count). The Labute approximate surface area is 160 Å². The number of hydrogen-bond donors (Lipinski definition) is 3. The maximum Gasteiger partial charge on any atom is 0.109 e. The zero-order valence-electron chi connectivity index (χ0n) is 15.7. The van der Waals surface area contributed by atoms with Crippen molar-refractivity contribution < 1.29 is 14.9 Å². The molecule has 6 heteroatoms. The average molecular weight is 371 g/mol. The van der Waals surface area contributed by atoms with Gasteiger partial charge in [-0.1, -0.05) is 36.4 Å². The fourth-order valence-electron chi connectivity index (χ4n) is 3.63. The fraction of sp³-hybridized carbons (Fsp3) is 0.476. The molecule has 0 saturated carbocycles. The van der Waals surface area contributed by atoms with Crippen LogP contribution in [-0.2, 0) is 17.7 Å². The Morgan fingerprint density at radius 1 is 1.11 bits per heavy atom. The molecular formula is C21H29N3O3. The molecule has 4 atom stereocenters. The summed E-state index contributed by atoms with van der Waals surface area (Å²) < 4.78 is 5.92. The van der Waals surface area contributed by atoms with E-state index >= 15 is 0 Å².